The molecule has 1 fully saturated rings. The number of thiazole rings is 1. The predicted octanol–water partition coefficient (Wildman–Crippen LogP) is 1.86. The Labute approximate surface area is 133 Å². The van der Waals surface area contributed by atoms with Crippen LogP contribution >= 0.6 is 11.3 Å². The highest BCUT2D eigenvalue weighted by atomic mass is 32.1. The summed E-state index contributed by atoms with van der Waals surface area (Å²) >= 11 is 1.66. The highest BCUT2D eigenvalue weighted by molar-refractivity contribution is 7.09. The zero-order valence-electron chi connectivity index (χ0n) is 12.3. The van der Waals surface area contributed by atoms with Crippen LogP contribution in [0.2, 0.25) is 0 Å². The summed E-state index contributed by atoms with van der Waals surface area (Å²) in [5.74, 6) is 0.738. The van der Waals surface area contributed by atoms with Gasteiger partial charge in [-0.25, -0.2) is 4.98 Å². The van der Waals surface area contributed by atoms with E-state index in [0.29, 0.717) is 11.3 Å². The second kappa shape index (κ2) is 5.37. The van der Waals surface area contributed by atoms with Crippen molar-refractivity contribution in [1.29, 1.82) is 0 Å². The molecule has 22 heavy (non-hydrogen) atoms. The fraction of sp³-hybridized carbons (Fsp3) is 0.375. The fourth-order valence-electron chi connectivity index (χ4n) is 3.22. The Morgan fingerprint density at radius 3 is 3.05 bits per heavy atom. The highest BCUT2D eigenvalue weighted by Gasteiger charge is 2.42. The van der Waals surface area contributed by atoms with Gasteiger partial charge in [-0.1, -0.05) is 12.1 Å². The zero-order chi connectivity index (χ0) is 15.1. The minimum Gasteiger partial charge on any atom is -0.486 e. The maximum Gasteiger partial charge on any atom is 0.257 e. The predicted molar refractivity (Wildman–Crippen MR) is 84.1 cm³/mol. The van der Waals surface area contributed by atoms with Gasteiger partial charge >= 0.3 is 0 Å². The van der Waals surface area contributed by atoms with Crippen LogP contribution in [0.5, 0.6) is 5.75 Å². The van der Waals surface area contributed by atoms with Gasteiger partial charge in [0, 0.05) is 31.7 Å². The smallest absolute Gasteiger partial charge is 0.257 e. The van der Waals surface area contributed by atoms with Crippen LogP contribution in [0.1, 0.15) is 15.4 Å². The number of likely N-dealkylation sites (tertiary alicyclic amines) is 1. The van der Waals surface area contributed by atoms with Crippen LogP contribution in [-0.2, 0) is 6.54 Å². The van der Waals surface area contributed by atoms with Crippen molar-refractivity contribution in [2.75, 3.05) is 20.1 Å². The summed E-state index contributed by atoms with van der Waals surface area (Å²) < 4.78 is 6.15. The average molecular weight is 315 g/mol. The molecule has 1 amide bonds. The number of carbonyl (C=O) groups is 1. The van der Waals surface area contributed by atoms with Crippen LogP contribution in [-0.4, -0.2) is 53.0 Å². The second-order valence-corrected chi connectivity index (χ2v) is 6.73. The minimum atomic E-state index is 0.0116. The zero-order valence-corrected chi connectivity index (χ0v) is 13.1. The Bertz CT molecular complexity index is 688. The van der Waals surface area contributed by atoms with Crippen LogP contribution in [0, 0.1) is 0 Å². The van der Waals surface area contributed by atoms with Crippen molar-refractivity contribution in [1.82, 2.24) is 14.8 Å². The van der Waals surface area contributed by atoms with Gasteiger partial charge in [0.1, 0.15) is 16.9 Å². The molecule has 2 atom stereocenters. The molecule has 0 spiro atoms. The second-order valence-electron chi connectivity index (χ2n) is 5.76. The number of fused-ring (bicyclic) bond motifs is 2. The van der Waals surface area contributed by atoms with Crippen LogP contribution in [0.3, 0.4) is 0 Å². The SMILES string of the molecule is CN1C(=O)c2ccccc2OC2CN(Cc3nccs3)CC21. The summed E-state index contributed by atoms with van der Waals surface area (Å²) in [7, 11) is 1.87. The molecule has 6 heteroatoms. The number of hydrogen-bond acceptors (Lipinski definition) is 5. The lowest BCUT2D eigenvalue weighted by Gasteiger charge is -2.25. The molecule has 0 saturated carbocycles. The summed E-state index contributed by atoms with van der Waals surface area (Å²) in [6, 6.07) is 7.59. The van der Waals surface area contributed by atoms with Crippen LogP contribution < -0.4 is 4.74 Å². The molecule has 0 radical (unpaired) electrons. The maximum atomic E-state index is 12.6. The van der Waals surface area contributed by atoms with Gasteiger partial charge in [0.15, 0.2) is 0 Å². The Hall–Kier alpha value is -1.92. The van der Waals surface area contributed by atoms with Gasteiger partial charge in [0.2, 0.25) is 0 Å². The molecule has 2 aliphatic heterocycles. The van der Waals surface area contributed by atoms with E-state index in [-0.39, 0.29) is 18.1 Å². The molecule has 114 valence electrons. The van der Waals surface area contributed by atoms with Gasteiger partial charge in [-0.3, -0.25) is 9.69 Å². The van der Waals surface area contributed by atoms with E-state index in [1.54, 1.807) is 11.3 Å². The maximum absolute atomic E-state index is 12.6. The number of nitrogens with zero attached hydrogens (tertiary/aromatic N) is 3. The quantitative estimate of drug-likeness (QED) is 0.849. The number of hydrogen-bond donors (Lipinski definition) is 0. The van der Waals surface area contributed by atoms with Gasteiger partial charge in [-0.05, 0) is 12.1 Å². The van der Waals surface area contributed by atoms with Crippen LogP contribution in [0.25, 0.3) is 0 Å². The molecule has 0 N–H and O–H groups in total. The Kier molecular flexibility index (Phi) is 3.35. The van der Waals surface area contributed by atoms with E-state index >= 15 is 0 Å². The Morgan fingerprint density at radius 2 is 2.23 bits per heavy atom. The minimum absolute atomic E-state index is 0.0116. The largest absolute Gasteiger partial charge is 0.486 e. The lowest BCUT2D eigenvalue weighted by Crippen LogP contribution is -2.44. The first-order chi connectivity index (χ1) is 10.7. The van der Waals surface area contributed by atoms with E-state index in [0.717, 1.165) is 24.6 Å². The molecule has 0 bridgehead atoms. The highest BCUT2D eigenvalue weighted by Crippen LogP contribution is 2.31. The fourth-order valence-corrected chi connectivity index (χ4v) is 3.88. The van der Waals surface area contributed by atoms with Gasteiger partial charge in [-0.2, -0.15) is 0 Å². The molecule has 2 aliphatic rings. The molecule has 3 heterocycles. The van der Waals surface area contributed by atoms with E-state index in [4.69, 9.17) is 4.74 Å². The third-order valence-electron chi connectivity index (χ3n) is 4.37. The molecule has 2 unspecified atom stereocenters. The molecular formula is C16H17N3O2S. The van der Waals surface area contributed by atoms with Gasteiger partial charge in [0.05, 0.1) is 18.2 Å². The molecule has 5 nitrogen and oxygen atoms in total. The Morgan fingerprint density at radius 1 is 1.36 bits per heavy atom. The molecule has 1 aromatic carbocycles. The standard InChI is InChI=1S/C16H17N3O2S/c1-18-12-8-19(10-15-17-6-7-22-15)9-14(12)21-13-5-3-2-4-11(13)16(18)20/h2-7,12,14H,8-10H2,1H3. The number of ether oxygens (including phenoxy) is 1. The molecule has 2 aromatic rings. The van der Waals surface area contributed by atoms with Crippen molar-refractivity contribution in [2.24, 2.45) is 0 Å². The summed E-state index contributed by atoms with van der Waals surface area (Å²) in [6.45, 7) is 2.45. The van der Waals surface area contributed by atoms with Crippen LogP contribution in [0.15, 0.2) is 35.8 Å². The lowest BCUT2D eigenvalue weighted by molar-refractivity contribution is 0.0682. The normalized spacial score (nSPS) is 24.6. The first-order valence-corrected chi connectivity index (χ1v) is 8.24. The third kappa shape index (κ3) is 2.28. The van der Waals surface area contributed by atoms with E-state index < -0.39 is 0 Å². The molecular weight excluding hydrogens is 298 g/mol. The number of aromatic nitrogens is 1. The Balaban J connectivity index is 1.58. The van der Waals surface area contributed by atoms with Crippen molar-refractivity contribution in [2.45, 2.75) is 18.7 Å². The van der Waals surface area contributed by atoms with Gasteiger partial charge in [-0.15, -0.1) is 11.3 Å². The van der Waals surface area contributed by atoms with Gasteiger partial charge < -0.3 is 9.64 Å². The molecule has 4 rings (SSSR count). The lowest BCUT2D eigenvalue weighted by atomic mass is 10.1. The summed E-state index contributed by atoms with van der Waals surface area (Å²) in [5, 5.41) is 3.09. The number of carbonyl (C=O) groups excluding carboxylic acids is 1. The first kappa shape index (κ1) is 13.7. The first-order valence-electron chi connectivity index (χ1n) is 7.36. The number of benzene rings is 1. The number of rotatable bonds is 2. The van der Waals surface area contributed by atoms with Crippen molar-refractivity contribution >= 4 is 17.2 Å². The van der Waals surface area contributed by atoms with Gasteiger partial charge in [0.25, 0.3) is 5.91 Å². The van der Waals surface area contributed by atoms with E-state index in [1.807, 2.05) is 47.8 Å². The number of likely N-dealkylation sites (N-methyl/N-ethyl adjacent to an activating group) is 1. The monoisotopic (exact) mass is 315 g/mol. The summed E-state index contributed by atoms with van der Waals surface area (Å²) in [4.78, 5) is 21.1. The van der Waals surface area contributed by atoms with Crippen molar-refractivity contribution in [3.8, 4) is 5.75 Å². The summed E-state index contributed by atoms with van der Waals surface area (Å²) in [5.41, 5.74) is 0.658. The average Bonchev–Trinajstić information content (AvgIpc) is 3.15. The molecule has 0 aliphatic carbocycles. The van der Waals surface area contributed by atoms with E-state index in [2.05, 4.69) is 9.88 Å². The number of para-hydroxylation sites is 1. The molecule has 1 saturated heterocycles. The summed E-state index contributed by atoms with van der Waals surface area (Å²) in [6.07, 6.45) is 1.84. The van der Waals surface area contributed by atoms with Crippen LogP contribution in [0.4, 0.5) is 0 Å². The van der Waals surface area contributed by atoms with E-state index in [1.165, 1.54) is 0 Å². The van der Waals surface area contributed by atoms with Crippen molar-refractivity contribution in [3.63, 3.8) is 0 Å². The van der Waals surface area contributed by atoms with Crippen molar-refractivity contribution < 1.29 is 9.53 Å². The topological polar surface area (TPSA) is 45.7 Å². The van der Waals surface area contributed by atoms with E-state index in [9.17, 15) is 4.79 Å². The molecule has 1 aromatic heterocycles. The third-order valence-corrected chi connectivity index (χ3v) is 5.13. The van der Waals surface area contributed by atoms with Crippen molar-refractivity contribution in [3.05, 3.63) is 46.4 Å². The number of amides is 1.